The van der Waals surface area contributed by atoms with Gasteiger partial charge in [0.25, 0.3) is 0 Å². The molecule has 0 amide bonds. The number of Topliss-reactive ketones (excluding diaryl/α,β-unsaturated/α-hetero) is 1. The molecule has 3 heteroatoms. The first-order valence-corrected chi connectivity index (χ1v) is 5.55. The summed E-state index contributed by atoms with van der Waals surface area (Å²) in [7, 11) is 0. The monoisotopic (exact) mass is 195 g/mol. The van der Waals surface area contributed by atoms with E-state index in [-0.39, 0.29) is 5.92 Å². The fraction of sp³-hybridized carbons (Fsp3) is 0.600. The zero-order valence-electron chi connectivity index (χ0n) is 7.69. The lowest BCUT2D eigenvalue weighted by Crippen LogP contribution is -2.14. The topological polar surface area (TPSA) is 30.0 Å². The van der Waals surface area contributed by atoms with E-state index in [0.717, 1.165) is 4.88 Å². The molecular weight excluding hydrogens is 182 g/mol. The van der Waals surface area contributed by atoms with Crippen molar-refractivity contribution in [1.29, 1.82) is 0 Å². The van der Waals surface area contributed by atoms with Gasteiger partial charge in [-0.3, -0.25) is 9.78 Å². The van der Waals surface area contributed by atoms with Crippen LogP contribution in [-0.4, -0.2) is 10.8 Å². The number of thiazole rings is 1. The van der Waals surface area contributed by atoms with Crippen LogP contribution in [-0.2, 0) is 11.2 Å². The number of hydrogen-bond donors (Lipinski definition) is 0. The molecule has 1 aromatic rings. The van der Waals surface area contributed by atoms with E-state index in [2.05, 4.69) is 11.9 Å². The van der Waals surface area contributed by atoms with E-state index < -0.39 is 0 Å². The molecule has 1 fully saturated rings. The van der Waals surface area contributed by atoms with Crippen LogP contribution in [0.4, 0.5) is 0 Å². The predicted octanol–water partition coefficient (Wildman–Crippen LogP) is 2.30. The fourth-order valence-corrected chi connectivity index (χ4v) is 2.13. The maximum Gasteiger partial charge on any atom is 0.141 e. The molecule has 1 heterocycles. The Balaban J connectivity index is 1.90. The Kier molecular flexibility index (Phi) is 2.44. The van der Waals surface area contributed by atoms with Crippen molar-refractivity contribution < 1.29 is 4.79 Å². The molecule has 1 aliphatic carbocycles. The first-order chi connectivity index (χ1) is 6.27. The lowest BCUT2D eigenvalue weighted by Gasteiger charge is -2.06. The minimum Gasteiger partial charge on any atom is -0.299 e. The van der Waals surface area contributed by atoms with Crippen LogP contribution in [0.1, 0.15) is 24.6 Å². The Labute approximate surface area is 82.0 Å². The lowest BCUT2D eigenvalue weighted by atomic mass is 9.98. The first-order valence-electron chi connectivity index (χ1n) is 4.67. The minimum atomic E-state index is 0.266. The van der Waals surface area contributed by atoms with Gasteiger partial charge in [-0.1, -0.05) is 6.92 Å². The van der Waals surface area contributed by atoms with E-state index in [1.54, 1.807) is 23.0 Å². The lowest BCUT2D eigenvalue weighted by molar-refractivity contribution is -0.122. The van der Waals surface area contributed by atoms with Gasteiger partial charge in [0.05, 0.1) is 5.51 Å². The van der Waals surface area contributed by atoms with Gasteiger partial charge in [0.15, 0.2) is 0 Å². The Morgan fingerprint density at radius 1 is 1.77 bits per heavy atom. The predicted molar refractivity (Wildman–Crippen MR) is 52.7 cm³/mol. The molecule has 0 aliphatic heterocycles. The molecule has 1 unspecified atom stereocenters. The van der Waals surface area contributed by atoms with Crippen molar-refractivity contribution in [2.45, 2.75) is 26.2 Å². The van der Waals surface area contributed by atoms with E-state index >= 15 is 0 Å². The van der Waals surface area contributed by atoms with E-state index in [1.807, 2.05) is 0 Å². The molecule has 1 atom stereocenters. The van der Waals surface area contributed by atoms with Crippen molar-refractivity contribution in [3.8, 4) is 0 Å². The molecular formula is C10H13NOS. The zero-order valence-corrected chi connectivity index (χ0v) is 8.51. The molecule has 0 radical (unpaired) electrons. The summed E-state index contributed by atoms with van der Waals surface area (Å²) in [5, 5.41) is 0. The van der Waals surface area contributed by atoms with Gasteiger partial charge in [-0.05, 0) is 18.8 Å². The van der Waals surface area contributed by atoms with E-state index in [4.69, 9.17) is 0 Å². The number of carbonyl (C=O) groups excluding carboxylic acids is 1. The molecule has 2 rings (SSSR count). The summed E-state index contributed by atoms with van der Waals surface area (Å²) in [6.07, 6.45) is 4.87. The largest absolute Gasteiger partial charge is 0.299 e. The number of aromatic nitrogens is 1. The molecule has 13 heavy (non-hydrogen) atoms. The van der Waals surface area contributed by atoms with Crippen LogP contribution in [0.2, 0.25) is 0 Å². The van der Waals surface area contributed by atoms with Crippen LogP contribution in [0.3, 0.4) is 0 Å². The first kappa shape index (κ1) is 8.88. The maximum absolute atomic E-state index is 11.7. The summed E-state index contributed by atoms with van der Waals surface area (Å²) < 4.78 is 0. The van der Waals surface area contributed by atoms with Gasteiger partial charge in [-0.25, -0.2) is 0 Å². The fourth-order valence-electron chi connectivity index (χ4n) is 1.52. The molecule has 0 aromatic carbocycles. The summed E-state index contributed by atoms with van der Waals surface area (Å²) in [6, 6.07) is 0. The van der Waals surface area contributed by atoms with Gasteiger partial charge in [-0.2, -0.15) is 0 Å². The van der Waals surface area contributed by atoms with E-state index in [9.17, 15) is 4.79 Å². The highest BCUT2D eigenvalue weighted by atomic mass is 32.1. The molecule has 1 aliphatic rings. The smallest absolute Gasteiger partial charge is 0.141 e. The van der Waals surface area contributed by atoms with Gasteiger partial charge < -0.3 is 0 Å². The van der Waals surface area contributed by atoms with Crippen molar-refractivity contribution >= 4 is 17.1 Å². The zero-order chi connectivity index (χ0) is 9.26. The standard InChI is InChI=1S/C10H13NOS/c1-7(8-2-3-8)10(12)4-9-5-11-6-13-9/h5-8H,2-4H2,1H3. The van der Waals surface area contributed by atoms with Crippen molar-refractivity contribution in [2.24, 2.45) is 11.8 Å². The maximum atomic E-state index is 11.7. The molecule has 0 saturated heterocycles. The van der Waals surface area contributed by atoms with E-state index in [1.165, 1.54) is 12.8 Å². The van der Waals surface area contributed by atoms with E-state index in [0.29, 0.717) is 18.1 Å². The summed E-state index contributed by atoms with van der Waals surface area (Å²) in [6.45, 7) is 2.06. The molecule has 2 nitrogen and oxygen atoms in total. The van der Waals surface area contributed by atoms with Crippen LogP contribution in [0, 0.1) is 11.8 Å². The molecule has 70 valence electrons. The van der Waals surface area contributed by atoms with Gasteiger partial charge >= 0.3 is 0 Å². The highest BCUT2D eigenvalue weighted by molar-refractivity contribution is 7.09. The Morgan fingerprint density at radius 2 is 2.54 bits per heavy atom. The highest BCUT2D eigenvalue weighted by Gasteiger charge is 2.32. The molecule has 1 saturated carbocycles. The summed E-state index contributed by atoms with van der Waals surface area (Å²) >= 11 is 1.57. The van der Waals surface area contributed by atoms with Gasteiger partial charge in [0, 0.05) is 23.4 Å². The Hall–Kier alpha value is -0.700. The van der Waals surface area contributed by atoms with Crippen molar-refractivity contribution in [3.05, 3.63) is 16.6 Å². The van der Waals surface area contributed by atoms with Crippen LogP contribution < -0.4 is 0 Å². The average molecular weight is 195 g/mol. The molecule has 0 spiro atoms. The normalized spacial score (nSPS) is 18.5. The highest BCUT2D eigenvalue weighted by Crippen LogP contribution is 2.37. The third-order valence-corrected chi connectivity index (χ3v) is 3.45. The second-order valence-corrected chi connectivity index (χ2v) is 4.71. The second-order valence-electron chi connectivity index (χ2n) is 3.74. The quantitative estimate of drug-likeness (QED) is 0.738. The van der Waals surface area contributed by atoms with Gasteiger partial charge in [0.1, 0.15) is 5.78 Å². The number of ketones is 1. The Bertz CT molecular complexity index is 290. The Morgan fingerprint density at radius 3 is 3.08 bits per heavy atom. The van der Waals surface area contributed by atoms with Crippen LogP contribution in [0.5, 0.6) is 0 Å². The number of rotatable bonds is 4. The van der Waals surface area contributed by atoms with Gasteiger partial charge in [-0.15, -0.1) is 11.3 Å². The average Bonchev–Trinajstić information content (AvgIpc) is 2.85. The molecule has 0 bridgehead atoms. The SMILES string of the molecule is CC(C(=O)Cc1cncs1)C1CC1. The van der Waals surface area contributed by atoms with Crippen molar-refractivity contribution in [1.82, 2.24) is 4.98 Å². The molecule has 0 N–H and O–H groups in total. The second kappa shape index (κ2) is 3.58. The number of hydrogen-bond acceptors (Lipinski definition) is 3. The summed E-state index contributed by atoms with van der Waals surface area (Å²) in [5.74, 6) is 1.33. The van der Waals surface area contributed by atoms with Gasteiger partial charge in [0.2, 0.25) is 0 Å². The van der Waals surface area contributed by atoms with Crippen molar-refractivity contribution in [3.63, 3.8) is 0 Å². The molecule has 1 aromatic heterocycles. The van der Waals surface area contributed by atoms with Crippen LogP contribution in [0.15, 0.2) is 11.7 Å². The van der Waals surface area contributed by atoms with Crippen molar-refractivity contribution in [2.75, 3.05) is 0 Å². The minimum absolute atomic E-state index is 0.266. The number of nitrogens with zero attached hydrogens (tertiary/aromatic N) is 1. The third-order valence-electron chi connectivity index (χ3n) is 2.67. The number of carbonyl (C=O) groups is 1. The summed E-state index contributed by atoms with van der Waals surface area (Å²) in [5.41, 5.74) is 1.78. The van der Waals surface area contributed by atoms with Crippen LogP contribution in [0.25, 0.3) is 0 Å². The van der Waals surface area contributed by atoms with Crippen LogP contribution >= 0.6 is 11.3 Å². The summed E-state index contributed by atoms with van der Waals surface area (Å²) in [4.78, 5) is 16.7. The third kappa shape index (κ3) is 2.15.